The van der Waals surface area contributed by atoms with Gasteiger partial charge in [-0.1, -0.05) is 126 Å². The van der Waals surface area contributed by atoms with Crippen LogP contribution in [0.2, 0.25) is 0 Å². The van der Waals surface area contributed by atoms with Crippen molar-refractivity contribution in [2.24, 2.45) is 0 Å². The molecule has 0 aliphatic heterocycles. The minimum atomic E-state index is -4.39. The van der Waals surface area contributed by atoms with E-state index in [4.69, 9.17) is 18.5 Å². The standard InChI is InChI=1S/C42H74NO9P/c1-6-8-10-11-12-13-15-20-23-26-30-34-42(46)52-40(38-51-53(47,48)50-36-35-43(3,4)5)37-49-41(45)33-29-25-22-19-17-14-16-18-21-24-28-32-39(44)31-27-9-7-2/h11-12,14,16,19,21-22,24,28,32,39-40,44H,6-10,13,15,17-18,20,23,25-27,29-31,33-38H2,1-5H3/p+1/b12-11-,16-14-,22-19-,24-21-,32-28+/t39-,40-/m1/s1. The van der Waals surface area contributed by atoms with E-state index in [2.05, 4.69) is 38.2 Å². The van der Waals surface area contributed by atoms with Gasteiger partial charge in [-0.25, -0.2) is 4.57 Å². The summed E-state index contributed by atoms with van der Waals surface area (Å²) in [4.78, 5) is 35.2. The monoisotopic (exact) mass is 769 g/mol. The largest absolute Gasteiger partial charge is 0.472 e. The first-order valence-electron chi connectivity index (χ1n) is 20.1. The van der Waals surface area contributed by atoms with Gasteiger partial charge in [-0.3, -0.25) is 18.6 Å². The highest BCUT2D eigenvalue weighted by Gasteiger charge is 2.27. The maximum Gasteiger partial charge on any atom is 0.472 e. The number of carbonyl (C=O) groups excluding carboxylic acids is 2. The summed E-state index contributed by atoms with van der Waals surface area (Å²) in [5, 5.41) is 9.89. The Balaban J connectivity index is 4.55. The number of aliphatic hydroxyl groups is 1. The molecule has 0 spiro atoms. The highest BCUT2D eigenvalue weighted by molar-refractivity contribution is 7.47. The highest BCUT2D eigenvalue weighted by atomic mass is 31.2. The molecule has 0 radical (unpaired) electrons. The zero-order chi connectivity index (χ0) is 39.5. The van der Waals surface area contributed by atoms with E-state index < -0.39 is 32.5 Å². The van der Waals surface area contributed by atoms with Crippen LogP contribution in [0.5, 0.6) is 0 Å². The van der Waals surface area contributed by atoms with Crippen LogP contribution in [0.4, 0.5) is 0 Å². The summed E-state index contributed by atoms with van der Waals surface area (Å²) in [5.74, 6) is -0.910. The highest BCUT2D eigenvalue weighted by Crippen LogP contribution is 2.43. The van der Waals surface area contributed by atoms with Crippen LogP contribution in [0.25, 0.3) is 0 Å². The first-order valence-corrected chi connectivity index (χ1v) is 21.6. The Bertz CT molecular complexity index is 1110. The molecule has 306 valence electrons. The second-order valence-electron chi connectivity index (χ2n) is 14.5. The lowest BCUT2D eigenvalue weighted by molar-refractivity contribution is -0.870. The van der Waals surface area contributed by atoms with Crippen molar-refractivity contribution in [3.63, 3.8) is 0 Å². The summed E-state index contributed by atoms with van der Waals surface area (Å²) >= 11 is 0. The Morgan fingerprint density at radius 3 is 2.00 bits per heavy atom. The van der Waals surface area contributed by atoms with Crippen LogP contribution in [0.1, 0.15) is 136 Å². The molecule has 0 saturated carbocycles. The number of hydrogen-bond acceptors (Lipinski definition) is 8. The Morgan fingerprint density at radius 2 is 1.28 bits per heavy atom. The molecule has 10 nitrogen and oxygen atoms in total. The number of phosphoric acid groups is 1. The number of unbranched alkanes of at least 4 members (excludes halogenated alkanes) is 10. The van der Waals surface area contributed by atoms with Crippen molar-refractivity contribution >= 4 is 19.8 Å². The number of quaternary nitrogens is 1. The summed E-state index contributed by atoms with van der Waals surface area (Å²) < 4.78 is 34.1. The van der Waals surface area contributed by atoms with Crippen LogP contribution in [-0.4, -0.2) is 86.1 Å². The van der Waals surface area contributed by atoms with Crippen molar-refractivity contribution < 1.29 is 47.2 Å². The predicted molar refractivity (Wildman–Crippen MR) is 216 cm³/mol. The zero-order valence-corrected chi connectivity index (χ0v) is 34.7. The zero-order valence-electron chi connectivity index (χ0n) is 33.8. The van der Waals surface area contributed by atoms with Gasteiger partial charge in [0.15, 0.2) is 6.10 Å². The normalized spacial score (nSPS) is 14.9. The first kappa shape index (κ1) is 50.7. The quantitative estimate of drug-likeness (QED) is 0.0162. The molecule has 0 heterocycles. The summed E-state index contributed by atoms with van der Waals surface area (Å²) in [6.07, 6.45) is 36.0. The van der Waals surface area contributed by atoms with Gasteiger partial charge in [0.25, 0.3) is 0 Å². The van der Waals surface area contributed by atoms with Crippen LogP contribution in [0.3, 0.4) is 0 Å². The van der Waals surface area contributed by atoms with E-state index in [0.29, 0.717) is 30.3 Å². The number of hydrogen-bond donors (Lipinski definition) is 2. The second-order valence-corrected chi connectivity index (χ2v) is 16.0. The van der Waals surface area contributed by atoms with Gasteiger partial charge in [0.05, 0.1) is 33.9 Å². The lowest BCUT2D eigenvalue weighted by Gasteiger charge is -2.24. The maximum atomic E-state index is 12.6. The van der Waals surface area contributed by atoms with Crippen molar-refractivity contribution in [3.8, 4) is 0 Å². The molecule has 0 amide bonds. The maximum absolute atomic E-state index is 12.6. The lowest BCUT2D eigenvalue weighted by Crippen LogP contribution is -2.37. The minimum Gasteiger partial charge on any atom is -0.462 e. The number of allylic oxidation sites excluding steroid dienone is 9. The third-order valence-corrected chi connectivity index (χ3v) is 9.11. The van der Waals surface area contributed by atoms with Gasteiger partial charge in [0.2, 0.25) is 0 Å². The van der Waals surface area contributed by atoms with E-state index >= 15 is 0 Å². The van der Waals surface area contributed by atoms with Crippen LogP contribution in [-0.2, 0) is 32.7 Å². The van der Waals surface area contributed by atoms with Gasteiger partial charge in [-0.05, 0) is 57.8 Å². The van der Waals surface area contributed by atoms with Crippen molar-refractivity contribution in [2.45, 2.75) is 148 Å². The summed E-state index contributed by atoms with van der Waals surface area (Å²) in [6, 6.07) is 0. The molecule has 0 aliphatic rings. The van der Waals surface area contributed by atoms with E-state index in [1.54, 1.807) is 0 Å². The van der Waals surface area contributed by atoms with Gasteiger partial charge in [0, 0.05) is 12.8 Å². The number of phosphoric ester groups is 1. The molecule has 0 aliphatic carbocycles. The molecule has 0 aromatic rings. The number of esters is 2. The molecule has 0 bridgehead atoms. The molecule has 53 heavy (non-hydrogen) atoms. The number of aliphatic hydroxyl groups excluding tert-OH is 1. The van der Waals surface area contributed by atoms with Crippen molar-refractivity contribution in [3.05, 3.63) is 60.8 Å². The van der Waals surface area contributed by atoms with Gasteiger partial charge in [0.1, 0.15) is 19.8 Å². The van der Waals surface area contributed by atoms with Crippen molar-refractivity contribution in [2.75, 3.05) is 47.5 Å². The van der Waals surface area contributed by atoms with Gasteiger partial charge < -0.3 is 24.0 Å². The van der Waals surface area contributed by atoms with Gasteiger partial charge in [-0.15, -0.1) is 0 Å². The van der Waals surface area contributed by atoms with Crippen molar-refractivity contribution in [1.29, 1.82) is 0 Å². The Morgan fingerprint density at radius 1 is 0.679 bits per heavy atom. The SMILES string of the molecule is CCCC/C=C\CCCCCCCC(=O)O[C@H](COC(=O)CCC/C=C\C/C=C\C/C=C\C=C\[C@H](O)CCCCC)COP(=O)(O)OCC[N+](C)(C)C. The molecule has 11 heteroatoms. The predicted octanol–water partition coefficient (Wildman–Crippen LogP) is 9.87. The van der Waals surface area contributed by atoms with Gasteiger partial charge in [-0.2, -0.15) is 0 Å². The molecular weight excluding hydrogens is 693 g/mol. The lowest BCUT2D eigenvalue weighted by atomic mass is 10.1. The van der Waals surface area contributed by atoms with Gasteiger partial charge >= 0.3 is 19.8 Å². The molecular formula is C42H75NO9P+. The third-order valence-electron chi connectivity index (χ3n) is 8.12. The first-order chi connectivity index (χ1) is 25.4. The Labute approximate surface area is 322 Å². The van der Waals surface area contributed by atoms with Crippen molar-refractivity contribution in [1.82, 2.24) is 0 Å². The van der Waals surface area contributed by atoms with E-state index in [0.717, 1.165) is 77.0 Å². The topological polar surface area (TPSA) is 129 Å². The van der Waals surface area contributed by atoms with E-state index in [1.807, 2.05) is 57.6 Å². The number of ether oxygens (including phenoxy) is 2. The van der Waals surface area contributed by atoms with Crippen LogP contribution >= 0.6 is 7.82 Å². The second kappa shape index (κ2) is 34.2. The number of carbonyl (C=O) groups is 2. The molecule has 2 N–H and O–H groups in total. The number of likely N-dealkylation sites (N-methyl/N-ethyl adjacent to an activating group) is 1. The third kappa shape index (κ3) is 37.8. The minimum absolute atomic E-state index is 0.0115. The van der Waals surface area contributed by atoms with Crippen LogP contribution in [0, 0.1) is 0 Å². The molecule has 0 aromatic carbocycles. The summed E-state index contributed by atoms with van der Waals surface area (Å²) in [7, 11) is 1.40. The summed E-state index contributed by atoms with van der Waals surface area (Å²) in [5.41, 5.74) is 0. The fourth-order valence-corrected chi connectivity index (χ4v) is 5.60. The number of nitrogens with zero attached hydrogens (tertiary/aromatic N) is 1. The van der Waals surface area contributed by atoms with E-state index in [9.17, 15) is 24.2 Å². The molecule has 1 unspecified atom stereocenters. The summed E-state index contributed by atoms with van der Waals surface area (Å²) in [6.45, 7) is 4.14. The fraction of sp³-hybridized carbons (Fsp3) is 0.714. The van der Waals surface area contributed by atoms with E-state index in [1.165, 1.54) is 12.8 Å². The van der Waals surface area contributed by atoms with Crippen LogP contribution < -0.4 is 0 Å². The molecule has 0 saturated heterocycles. The molecule has 0 aromatic heterocycles. The fourth-order valence-electron chi connectivity index (χ4n) is 4.86. The molecule has 3 atom stereocenters. The smallest absolute Gasteiger partial charge is 0.462 e. The Hall–Kier alpha value is -2.33. The number of rotatable bonds is 35. The molecule has 0 fully saturated rings. The molecule has 0 rings (SSSR count). The van der Waals surface area contributed by atoms with Crippen LogP contribution in [0.15, 0.2) is 60.8 Å². The average Bonchev–Trinajstić information content (AvgIpc) is 3.09. The Kier molecular flexibility index (Phi) is 32.7. The van der Waals surface area contributed by atoms with E-state index in [-0.39, 0.29) is 32.2 Å². The average molecular weight is 769 g/mol.